The molecule has 1 atom stereocenters. The number of hydrogen-bond acceptors (Lipinski definition) is 5. The Hall–Kier alpha value is -2.41. The van der Waals surface area contributed by atoms with Crippen LogP contribution in [0.5, 0.6) is 0 Å². The molecule has 0 unspecified atom stereocenters. The lowest BCUT2D eigenvalue weighted by molar-refractivity contribution is 0.204. The molecule has 0 spiro atoms. The third-order valence-corrected chi connectivity index (χ3v) is 4.33. The van der Waals surface area contributed by atoms with Gasteiger partial charge < -0.3 is 4.52 Å². The van der Waals surface area contributed by atoms with E-state index in [4.69, 9.17) is 4.52 Å². The summed E-state index contributed by atoms with van der Waals surface area (Å²) in [7, 11) is 0. The van der Waals surface area contributed by atoms with Crippen LogP contribution in [0, 0.1) is 13.8 Å². The predicted molar refractivity (Wildman–Crippen MR) is 84.2 cm³/mol. The van der Waals surface area contributed by atoms with E-state index in [2.05, 4.69) is 20.1 Å². The van der Waals surface area contributed by atoms with Crippen molar-refractivity contribution in [2.75, 3.05) is 6.54 Å². The van der Waals surface area contributed by atoms with Gasteiger partial charge in [-0.1, -0.05) is 5.16 Å². The highest BCUT2D eigenvalue weighted by Crippen LogP contribution is 2.33. The van der Waals surface area contributed by atoms with Gasteiger partial charge in [-0.25, -0.2) is 9.50 Å². The van der Waals surface area contributed by atoms with Crippen molar-refractivity contribution in [2.45, 2.75) is 39.3 Å². The van der Waals surface area contributed by atoms with Gasteiger partial charge in [-0.2, -0.15) is 0 Å². The van der Waals surface area contributed by atoms with Gasteiger partial charge in [-0.05, 0) is 33.2 Å². The van der Waals surface area contributed by atoms with Gasteiger partial charge in [0, 0.05) is 30.4 Å². The van der Waals surface area contributed by atoms with Crippen LogP contribution in [-0.2, 0) is 6.54 Å². The van der Waals surface area contributed by atoms with Crippen LogP contribution in [0.3, 0.4) is 0 Å². The summed E-state index contributed by atoms with van der Waals surface area (Å²) in [5.74, 6) is 0.898. The molecule has 0 saturated carbocycles. The van der Waals surface area contributed by atoms with E-state index in [-0.39, 0.29) is 11.6 Å². The summed E-state index contributed by atoms with van der Waals surface area (Å²) >= 11 is 0. The molecule has 1 aliphatic rings. The van der Waals surface area contributed by atoms with Gasteiger partial charge in [0.15, 0.2) is 11.4 Å². The average molecular weight is 313 g/mol. The third-order valence-electron chi connectivity index (χ3n) is 4.33. The first-order valence-electron chi connectivity index (χ1n) is 7.86. The largest absolute Gasteiger partial charge is 0.359 e. The fraction of sp³-hybridized carbons (Fsp3) is 0.438. The Morgan fingerprint density at radius 3 is 3.00 bits per heavy atom. The van der Waals surface area contributed by atoms with Gasteiger partial charge in [-0.3, -0.25) is 14.8 Å². The highest BCUT2D eigenvalue weighted by molar-refractivity contribution is 5.39. The van der Waals surface area contributed by atoms with Crippen LogP contribution in [0.1, 0.15) is 41.7 Å². The molecule has 1 fully saturated rings. The molecule has 0 amide bonds. The van der Waals surface area contributed by atoms with E-state index in [1.54, 1.807) is 6.07 Å². The predicted octanol–water partition coefficient (Wildman–Crippen LogP) is 1.96. The topological polar surface area (TPSA) is 79.4 Å². The zero-order valence-electron chi connectivity index (χ0n) is 13.2. The summed E-state index contributed by atoms with van der Waals surface area (Å²) in [6, 6.07) is 5.68. The summed E-state index contributed by atoms with van der Waals surface area (Å²) in [5, 5.41) is 6.98. The highest BCUT2D eigenvalue weighted by atomic mass is 16.5. The number of aromatic amines is 1. The number of likely N-dealkylation sites (tertiary alicyclic amines) is 1. The van der Waals surface area contributed by atoms with Crippen molar-refractivity contribution in [3.05, 3.63) is 51.4 Å². The lowest BCUT2D eigenvalue weighted by Crippen LogP contribution is -2.25. The Morgan fingerprint density at radius 2 is 2.22 bits per heavy atom. The molecule has 4 heterocycles. The molecule has 4 rings (SSSR count). The molecule has 0 aromatic carbocycles. The molecule has 1 saturated heterocycles. The molecule has 120 valence electrons. The lowest BCUT2D eigenvalue weighted by Gasteiger charge is -2.21. The van der Waals surface area contributed by atoms with E-state index in [1.165, 1.54) is 4.52 Å². The van der Waals surface area contributed by atoms with Gasteiger partial charge in [0.05, 0.1) is 17.4 Å². The molecule has 0 aliphatic carbocycles. The van der Waals surface area contributed by atoms with Crippen LogP contribution >= 0.6 is 0 Å². The smallest absolute Gasteiger partial charge is 0.272 e. The van der Waals surface area contributed by atoms with E-state index < -0.39 is 0 Å². The van der Waals surface area contributed by atoms with Gasteiger partial charge in [-0.15, -0.1) is 0 Å². The molecule has 7 heteroatoms. The van der Waals surface area contributed by atoms with E-state index in [0.717, 1.165) is 42.2 Å². The second-order valence-electron chi connectivity index (χ2n) is 6.22. The van der Waals surface area contributed by atoms with Crippen molar-refractivity contribution in [1.82, 2.24) is 24.7 Å². The number of aryl methyl sites for hydroxylation is 2. The Kier molecular flexibility index (Phi) is 3.30. The van der Waals surface area contributed by atoms with Gasteiger partial charge in [0.1, 0.15) is 0 Å². The van der Waals surface area contributed by atoms with Gasteiger partial charge in [0.25, 0.3) is 5.56 Å². The number of H-pyrrole nitrogens is 1. The molecule has 0 bridgehead atoms. The number of rotatable bonds is 3. The second-order valence-corrected chi connectivity index (χ2v) is 6.22. The summed E-state index contributed by atoms with van der Waals surface area (Å²) in [6.45, 7) is 5.45. The van der Waals surface area contributed by atoms with Crippen molar-refractivity contribution in [2.24, 2.45) is 0 Å². The minimum Gasteiger partial charge on any atom is -0.359 e. The molecule has 23 heavy (non-hydrogen) atoms. The fourth-order valence-electron chi connectivity index (χ4n) is 3.33. The van der Waals surface area contributed by atoms with E-state index in [0.29, 0.717) is 12.2 Å². The molecule has 1 N–H and O–H groups in total. The standard InChI is InChI=1S/C16H19N5O2/c1-10-7-15-17-12(8-16(22)21(15)18-10)9-20-5-3-4-13(20)14-6-11(2)19-23-14/h6-8,13,18H,3-5,9H2,1-2H3/t13-/m0/s1. The minimum atomic E-state index is -0.0793. The van der Waals surface area contributed by atoms with Crippen molar-refractivity contribution < 1.29 is 4.52 Å². The van der Waals surface area contributed by atoms with Crippen LogP contribution < -0.4 is 5.56 Å². The number of nitrogens with zero attached hydrogens (tertiary/aromatic N) is 4. The van der Waals surface area contributed by atoms with Crippen molar-refractivity contribution in [3.63, 3.8) is 0 Å². The van der Waals surface area contributed by atoms with E-state index in [9.17, 15) is 4.79 Å². The maximum Gasteiger partial charge on any atom is 0.272 e. The Labute approximate surface area is 132 Å². The molecular weight excluding hydrogens is 294 g/mol. The van der Waals surface area contributed by atoms with Gasteiger partial charge in [0.2, 0.25) is 0 Å². The third kappa shape index (κ3) is 2.57. The van der Waals surface area contributed by atoms with Gasteiger partial charge >= 0.3 is 0 Å². The number of aromatic nitrogens is 4. The number of nitrogens with one attached hydrogen (secondary N) is 1. The summed E-state index contributed by atoms with van der Waals surface area (Å²) in [5.41, 5.74) is 3.19. The SMILES string of the molecule is Cc1cc([C@@H]2CCCN2Cc2cc(=O)n3[nH]c(C)cc3n2)on1. The normalized spacial score (nSPS) is 19.0. The maximum atomic E-state index is 12.2. The Bertz CT molecular complexity index is 907. The second kappa shape index (κ2) is 5.34. The van der Waals surface area contributed by atoms with Crippen LogP contribution in [0.2, 0.25) is 0 Å². The first-order valence-corrected chi connectivity index (χ1v) is 7.86. The molecule has 0 radical (unpaired) electrons. The lowest BCUT2D eigenvalue weighted by atomic mass is 10.1. The molecule has 3 aromatic heterocycles. The Morgan fingerprint density at radius 1 is 1.35 bits per heavy atom. The van der Waals surface area contributed by atoms with Crippen molar-refractivity contribution >= 4 is 5.65 Å². The zero-order valence-corrected chi connectivity index (χ0v) is 13.2. The molecule has 3 aromatic rings. The molecule has 7 nitrogen and oxygen atoms in total. The first kappa shape index (κ1) is 14.2. The van der Waals surface area contributed by atoms with Crippen LogP contribution in [0.4, 0.5) is 0 Å². The van der Waals surface area contributed by atoms with Crippen LogP contribution in [-0.4, -0.2) is 31.2 Å². The monoisotopic (exact) mass is 313 g/mol. The molecule has 1 aliphatic heterocycles. The van der Waals surface area contributed by atoms with Crippen LogP contribution in [0.15, 0.2) is 27.5 Å². The summed E-state index contributed by atoms with van der Waals surface area (Å²) in [6.07, 6.45) is 2.15. The molecular formula is C16H19N5O2. The van der Waals surface area contributed by atoms with Crippen molar-refractivity contribution in [3.8, 4) is 0 Å². The van der Waals surface area contributed by atoms with E-state index in [1.807, 2.05) is 26.0 Å². The quantitative estimate of drug-likeness (QED) is 0.799. The fourth-order valence-corrected chi connectivity index (χ4v) is 3.33. The first-order chi connectivity index (χ1) is 11.1. The summed E-state index contributed by atoms with van der Waals surface area (Å²) in [4.78, 5) is 19.1. The summed E-state index contributed by atoms with van der Waals surface area (Å²) < 4.78 is 6.90. The number of hydrogen-bond donors (Lipinski definition) is 1. The zero-order chi connectivity index (χ0) is 16.0. The minimum absolute atomic E-state index is 0.0793. The van der Waals surface area contributed by atoms with Crippen molar-refractivity contribution in [1.29, 1.82) is 0 Å². The van der Waals surface area contributed by atoms with E-state index >= 15 is 0 Å². The maximum absolute atomic E-state index is 12.2. The highest BCUT2D eigenvalue weighted by Gasteiger charge is 2.29. The number of fused-ring (bicyclic) bond motifs is 1. The average Bonchev–Trinajstić information content (AvgIpc) is 3.18. The van der Waals surface area contributed by atoms with Crippen LogP contribution in [0.25, 0.3) is 5.65 Å². The Balaban J connectivity index is 1.63.